The lowest BCUT2D eigenvalue weighted by Gasteiger charge is -2.29. The quantitative estimate of drug-likeness (QED) is 0.516. The lowest BCUT2D eigenvalue weighted by Crippen LogP contribution is -2.43. The number of carbonyl (C=O) groups excluding carboxylic acids is 2. The molecule has 3 aromatic rings. The van der Waals surface area contributed by atoms with Gasteiger partial charge in [0.05, 0.1) is 35.1 Å². The largest absolute Gasteiger partial charge is 0.495 e. The molecule has 1 aromatic heterocycles. The molecule has 2 heterocycles. The number of hydrogen-bond donors (Lipinski definition) is 1. The Balaban J connectivity index is 1.53. The highest BCUT2D eigenvalue weighted by molar-refractivity contribution is 7.09. The monoisotopic (exact) mass is 487 g/mol. The zero-order chi connectivity index (χ0) is 23.4. The summed E-state index contributed by atoms with van der Waals surface area (Å²) >= 11 is 7.68. The fourth-order valence-electron chi connectivity index (χ4n) is 3.37. The number of hydrogen-bond acceptors (Lipinski definition) is 7. The normalized spacial score (nSPS) is 12.8. The fourth-order valence-corrected chi connectivity index (χ4v) is 4.42. The summed E-state index contributed by atoms with van der Waals surface area (Å²) in [5, 5.41) is 6.07. The molecular weight excluding hydrogens is 466 g/mol. The van der Waals surface area contributed by atoms with E-state index in [-0.39, 0.29) is 25.0 Å². The Labute approximate surface area is 200 Å². The third kappa shape index (κ3) is 5.27. The zero-order valence-electron chi connectivity index (χ0n) is 18.1. The van der Waals surface area contributed by atoms with Gasteiger partial charge in [-0.25, -0.2) is 4.98 Å². The van der Waals surface area contributed by atoms with E-state index < -0.39 is 0 Å². The van der Waals surface area contributed by atoms with Crippen LogP contribution in [0.3, 0.4) is 0 Å². The zero-order valence-corrected chi connectivity index (χ0v) is 19.7. The van der Waals surface area contributed by atoms with Crippen molar-refractivity contribution in [1.82, 2.24) is 4.98 Å². The highest BCUT2D eigenvalue weighted by Gasteiger charge is 2.28. The van der Waals surface area contributed by atoms with Crippen LogP contribution in [0.25, 0.3) is 11.3 Å². The molecule has 10 heteroatoms. The first-order valence-corrected chi connectivity index (χ1v) is 11.4. The van der Waals surface area contributed by atoms with E-state index >= 15 is 0 Å². The van der Waals surface area contributed by atoms with Gasteiger partial charge in [-0.15, -0.1) is 11.3 Å². The first-order chi connectivity index (χ1) is 16.0. The number of nitrogens with one attached hydrogen (secondary N) is 1. The maximum atomic E-state index is 12.7. The molecule has 2 amide bonds. The maximum absolute atomic E-state index is 12.7. The number of fused-ring (bicyclic) bond motifs is 1. The summed E-state index contributed by atoms with van der Waals surface area (Å²) in [7, 11) is 3.17. The van der Waals surface area contributed by atoms with Gasteiger partial charge in [-0.2, -0.15) is 0 Å². The molecule has 0 fully saturated rings. The number of anilines is 2. The Morgan fingerprint density at radius 1 is 1.27 bits per heavy atom. The highest BCUT2D eigenvalue weighted by Crippen LogP contribution is 2.36. The maximum Gasteiger partial charge on any atom is 0.265 e. The SMILES string of the molecule is COCCc1nc(-c2ccc3c(c2)N(CC(=O)Nc2ccc(OC)c(Cl)c2)C(=O)CO3)cs1. The molecule has 0 saturated carbocycles. The van der Waals surface area contributed by atoms with Crippen LogP contribution in [-0.4, -0.2) is 50.8 Å². The van der Waals surface area contributed by atoms with Crippen molar-refractivity contribution >= 4 is 46.1 Å². The summed E-state index contributed by atoms with van der Waals surface area (Å²) in [6.07, 6.45) is 0.732. The smallest absolute Gasteiger partial charge is 0.265 e. The van der Waals surface area contributed by atoms with Gasteiger partial charge in [-0.3, -0.25) is 14.5 Å². The van der Waals surface area contributed by atoms with Crippen LogP contribution in [0.1, 0.15) is 5.01 Å². The van der Waals surface area contributed by atoms with Gasteiger partial charge in [0.1, 0.15) is 18.0 Å². The third-order valence-corrected chi connectivity index (χ3v) is 6.21. The number of carbonyl (C=O) groups is 2. The minimum absolute atomic E-state index is 0.133. The molecule has 33 heavy (non-hydrogen) atoms. The van der Waals surface area contributed by atoms with Crippen LogP contribution in [0.2, 0.25) is 5.02 Å². The molecule has 1 aliphatic heterocycles. The topological polar surface area (TPSA) is 90.0 Å². The number of methoxy groups -OCH3 is 2. The summed E-state index contributed by atoms with van der Waals surface area (Å²) in [5.74, 6) is 0.375. The summed E-state index contributed by atoms with van der Waals surface area (Å²) in [6.45, 7) is 0.298. The lowest BCUT2D eigenvalue weighted by atomic mass is 10.1. The van der Waals surface area contributed by atoms with E-state index in [1.165, 1.54) is 12.0 Å². The number of amides is 2. The minimum Gasteiger partial charge on any atom is -0.495 e. The van der Waals surface area contributed by atoms with Crippen molar-refractivity contribution in [3.05, 3.63) is 51.8 Å². The van der Waals surface area contributed by atoms with Crippen LogP contribution in [0.4, 0.5) is 11.4 Å². The second-order valence-electron chi connectivity index (χ2n) is 7.22. The van der Waals surface area contributed by atoms with Crippen molar-refractivity contribution in [3.63, 3.8) is 0 Å². The van der Waals surface area contributed by atoms with Gasteiger partial charge >= 0.3 is 0 Å². The Kier molecular flexibility index (Phi) is 7.12. The van der Waals surface area contributed by atoms with Gasteiger partial charge in [0.25, 0.3) is 5.91 Å². The van der Waals surface area contributed by atoms with E-state index in [4.69, 9.17) is 25.8 Å². The number of ether oxygens (including phenoxy) is 3. The number of halogens is 1. The molecule has 2 aromatic carbocycles. The van der Waals surface area contributed by atoms with Gasteiger partial charge in [-0.1, -0.05) is 11.6 Å². The molecule has 8 nitrogen and oxygen atoms in total. The second kappa shape index (κ2) is 10.2. The lowest BCUT2D eigenvalue weighted by molar-refractivity contribution is -0.123. The first-order valence-electron chi connectivity index (χ1n) is 10.1. The van der Waals surface area contributed by atoms with E-state index in [0.717, 1.165) is 22.7 Å². The van der Waals surface area contributed by atoms with Crippen molar-refractivity contribution in [1.29, 1.82) is 0 Å². The van der Waals surface area contributed by atoms with Gasteiger partial charge in [0.15, 0.2) is 6.61 Å². The van der Waals surface area contributed by atoms with E-state index in [2.05, 4.69) is 10.3 Å². The predicted molar refractivity (Wildman–Crippen MR) is 128 cm³/mol. The summed E-state index contributed by atoms with van der Waals surface area (Å²) in [4.78, 5) is 31.4. The molecule has 0 unspecified atom stereocenters. The molecule has 4 rings (SSSR count). The number of thiazole rings is 1. The molecule has 0 aliphatic carbocycles. The third-order valence-electron chi connectivity index (χ3n) is 5.01. The van der Waals surface area contributed by atoms with E-state index in [1.54, 1.807) is 42.7 Å². The summed E-state index contributed by atoms with van der Waals surface area (Å²) in [5.41, 5.74) is 2.66. The van der Waals surface area contributed by atoms with Gasteiger partial charge in [0.2, 0.25) is 5.91 Å². The second-order valence-corrected chi connectivity index (χ2v) is 8.57. The van der Waals surface area contributed by atoms with Crippen molar-refractivity contribution in [2.45, 2.75) is 6.42 Å². The Bertz CT molecular complexity index is 1180. The van der Waals surface area contributed by atoms with Crippen molar-refractivity contribution in [3.8, 4) is 22.8 Å². The average Bonchev–Trinajstić information content (AvgIpc) is 3.28. The van der Waals surface area contributed by atoms with Gasteiger partial charge < -0.3 is 19.5 Å². The predicted octanol–water partition coefficient (Wildman–Crippen LogP) is 4.03. The molecule has 0 atom stereocenters. The van der Waals surface area contributed by atoms with Crippen LogP contribution < -0.4 is 19.7 Å². The van der Waals surface area contributed by atoms with Crippen molar-refractivity contribution < 1.29 is 23.8 Å². The average molecular weight is 488 g/mol. The Hall–Kier alpha value is -3.14. The van der Waals surface area contributed by atoms with E-state index in [9.17, 15) is 9.59 Å². The highest BCUT2D eigenvalue weighted by atomic mass is 35.5. The van der Waals surface area contributed by atoms with Crippen LogP contribution in [0, 0.1) is 0 Å². The Morgan fingerprint density at radius 2 is 2.12 bits per heavy atom. The summed E-state index contributed by atoms with van der Waals surface area (Å²) in [6, 6.07) is 10.4. The van der Waals surface area contributed by atoms with Crippen molar-refractivity contribution in [2.75, 3.05) is 44.2 Å². The molecule has 0 saturated heterocycles. The van der Waals surface area contributed by atoms with Crippen LogP contribution in [0.15, 0.2) is 41.8 Å². The first kappa shape index (κ1) is 23.0. The van der Waals surface area contributed by atoms with E-state index in [0.29, 0.717) is 34.5 Å². The molecule has 0 bridgehead atoms. The van der Waals surface area contributed by atoms with Crippen LogP contribution in [-0.2, 0) is 20.7 Å². The van der Waals surface area contributed by atoms with E-state index in [1.807, 2.05) is 17.5 Å². The molecule has 0 spiro atoms. The fraction of sp³-hybridized carbons (Fsp3) is 0.261. The summed E-state index contributed by atoms with van der Waals surface area (Å²) < 4.78 is 15.8. The van der Waals surface area contributed by atoms with Crippen molar-refractivity contribution in [2.24, 2.45) is 0 Å². The number of nitrogens with zero attached hydrogens (tertiary/aromatic N) is 2. The number of aromatic nitrogens is 1. The molecule has 0 radical (unpaired) electrons. The van der Waals surface area contributed by atoms with Crippen LogP contribution in [0.5, 0.6) is 11.5 Å². The van der Waals surface area contributed by atoms with Gasteiger partial charge in [-0.05, 0) is 36.4 Å². The molecule has 1 N–H and O–H groups in total. The molecule has 1 aliphatic rings. The standard InChI is InChI=1S/C23H22ClN3O5S/c1-30-8-7-22-26-17(13-33-22)14-3-5-20-18(9-14)27(23(29)12-32-20)11-21(28)25-15-4-6-19(31-2)16(24)10-15/h3-6,9-10,13H,7-8,11-12H2,1-2H3,(H,25,28). The minimum atomic E-state index is -0.363. The number of benzene rings is 2. The number of rotatable bonds is 8. The molecular formula is C23H22ClN3O5S. The molecule has 172 valence electrons. The van der Waals surface area contributed by atoms with Gasteiger partial charge in [0, 0.05) is 30.2 Å². The van der Waals surface area contributed by atoms with Crippen LogP contribution >= 0.6 is 22.9 Å². The Morgan fingerprint density at radius 3 is 2.88 bits per heavy atom.